The molecule has 0 radical (unpaired) electrons. The van der Waals surface area contributed by atoms with Crippen LogP contribution in [0.5, 0.6) is 0 Å². The predicted octanol–water partition coefficient (Wildman–Crippen LogP) is 2.85. The summed E-state index contributed by atoms with van der Waals surface area (Å²) >= 11 is 0. The number of rotatable bonds is 3. The van der Waals surface area contributed by atoms with Gasteiger partial charge in [-0.3, -0.25) is 4.79 Å². The topological polar surface area (TPSA) is 52.7 Å². The highest BCUT2D eigenvalue weighted by Gasteiger charge is 2.34. The molecular weight excluding hydrogens is 321 g/mol. The Morgan fingerprint density at radius 3 is 2.52 bits per heavy atom. The van der Waals surface area contributed by atoms with E-state index in [1.165, 1.54) is 6.07 Å². The van der Waals surface area contributed by atoms with E-state index in [9.17, 15) is 14.0 Å². The van der Waals surface area contributed by atoms with Crippen molar-refractivity contribution in [2.24, 2.45) is 5.92 Å². The lowest BCUT2D eigenvalue weighted by Gasteiger charge is -2.24. The van der Waals surface area contributed by atoms with Gasteiger partial charge in [-0.15, -0.1) is 0 Å². The second kappa shape index (κ2) is 7.42. The fourth-order valence-corrected chi connectivity index (χ4v) is 3.17. The number of amides is 3. The van der Waals surface area contributed by atoms with Gasteiger partial charge in [0.25, 0.3) is 0 Å². The molecule has 0 aromatic heterocycles. The number of nitrogens with one attached hydrogen (secondary N) is 1. The number of carbonyl (C=O) groups excluding carboxylic acids is 2. The molecule has 3 rings (SSSR count). The number of carbonyl (C=O) groups is 2. The normalized spacial score (nSPS) is 19.3. The van der Waals surface area contributed by atoms with Crippen LogP contribution in [0.2, 0.25) is 0 Å². The van der Waals surface area contributed by atoms with Crippen molar-refractivity contribution < 1.29 is 14.0 Å². The molecule has 136 valence electrons. The van der Waals surface area contributed by atoms with Crippen molar-refractivity contribution in [3.63, 3.8) is 0 Å². The number of halogens is 1. The number of hydrogen-bond donors (Lipinski definition) is 1. The first-order valence-electron chi connectivity index (χ1n) is 9.06. The van der Waals surface area contributed by atoms with Gasteiger partial charge in [0.1, 0.15) is 5.82 Å². The number of hydrogen-bond acceptors (Lipinski definition) is 2. The fourth-order valence-electron chi connectivity index (χ4n) is 3.17. The van der Waals surface area contributed by atoms with Gasteiger partial charge >= 0.3 is 6.03 Å². The maximum atomic E-state index is 13.7. The van der Waals surface area contributed by atoms with Gasteiger partial charge < -0.3 is 15.1 Å². The molecule has 1 aliphatic heterocycles. The van der Waals surface area contributed by atoms with Gasteiger partial charge in [-0.2, -0.15) is 0 Å². The molecule has 0 spiro atoms. The maximum absolute atomic E-state index is 13.7. The van der Waals surface area contributed by atoms with Crippen LogP contribution in [0.15, 0.2) is 18.2 Å². The number of aryl methyl sites for hydroxylation is 1. The van der Waals surface area contributed by atoms with E-state index in [4.69, 9.17) is 0 Å². The van der Waals surface area contributed by atoms with Crippen LogP contribution in [0.3, 0.4) is 0 Å². The first-order valence-corrected chi connectivity index (χ1v) is 9.06. The van der Waals surface area contributed by atoms with E-state index < -0.39 is 0 Å². The lowest BCUT2D eigenvalue weighted by Crippen LogP contribution is -2.43. The monoisotopic (exact) mass is 347 g/mol. The fraction of sp³-hybridized carbons (Fsp3) is 0.579. The Labute approximate surface area is 148 Å². The zero-order valence-electron chi connectivity index (χ0n) is 14.9. The van der Waals surface area contributed by atoms with E-state index in [2.05, 4.69) is 5.32 Å². The van der Waals surface area contributed by atoms with Gasteiger partial charge in [-0.05, 0) is 50.3 Å². The lowest BCUT2D eigenvalue weighted by molar-refractivity contribution is -0.132. The first-order chi connectivity index (χ1) is 12.0. The van der Waals surface area contributed by atoms with E-state index in [1.54, 1.807) is 17.9 Å². The molecule has 6 heteroatoms. The molecule has 1 saturated carbocycles. The Bertz CT molecular complexity index is 660. The molecule has 1 N–H and O–H groups in total. The molecule has 1 aliphatic carbocycles. The zero-order valence-corrected chi connectivity index (χ0v) is 14.9. The highest BCUT2D eigenvalue weighted by molar-refractivity contribution is 5.81. The van der Waals surface area contributed by atoms with Gasteiger partial charge in [-0.1, -0.05) is 12.1 Å². The van der Waals surface area contributed by atoms with Crippen LogP contribution < -0.4 is 5.32 Å². The SMILES string of the molecule is Cc1ccc(C(C)NC(=O)N2CCCN(C(=O)C3CC3)CC2)cc1F. The third-order valence-corrected chi connectivity index (χ3v) is 5.06. The number of nitrogens with zero attached hydrogens (tertiary/aromatic N) is 2. The maximum Gasteiger partial charge on any atom is 0.317 e. The molecule has 2 aliphatic rings. The van der Waals surface area contributed by atoms with E-state index in [1.807, 2.05) is 17.9 Å². The van der Waals surface area contributed by atoms with Crippen LogP contribution in [0.4, 0.5) is 9.18 Å². The lowest BCUT2D eigenvalue weighted by atomic mass is 10.1. The van der Waals surface area contributed by atoms with Gasteiger partial charge in [0, 0.05) is 32.1 Å². The average Bonchev–Trinajstić information content (AvgIpc) is 3.43. The summed E-state index contributed by atoms with van der Waals surface area (Å²) in [6, 6.07) is 4.60. The molecule has 1 aromatic rings. The molecule has 2 fully saturated rings. The molecule has 1 atom stereocenters. The molecule has 1 heterocycles. The average molecular weight is 347 g/mol. The van der Waals surface area contributed by atoms with Crippen molar-refractivity contribution in [2.45, 2.75) is 39.2 Å². The molecule has 0 bridgehead atoms. The summed E-state index contributed by atoms with van der Waals surface area (Å²) in [7, 11) is 0. The van der Waals surface area contributed by atoms with Gasteiger partial charge in [0.2, 0.25) is 5.91 Å². The molecule has 3 amide bonds. The van der Waals surface area contributed by atoms with E-state index in [0.29, 0.717) is 25.2 Å². The zero-order chi connectivity index (χ0) is 18.0. The van der Waals surface area contributed by atoms with Crippen molar-refractivity contribution in [3.05, 3.63) is 35.1 Å². The Kier molecular flexibility index (Phi) is 5.25. The van der Waals surface area contributed by atoms with Crippen molar-refractivity contribution in [1.29, 1.82) is 0 Å². The smallest absolute Gasteiger partial charge is 0.317 e. The number of benzene rings is 1. The molecular formula is C19H26FN3O2. The van der Waals surface area contributed by atoms with Gasteiger partial charge in [0.15, 0.2) is 0 Å². The summed E-state index contributed by atoms with van der Waals surface area (Å²) in [6.07, 6.45) is 2.80. The largest absolute Gasteiger partial charge is 0.341 e. The van der Waals surface area contributed by atoms with Crippen LogP contribution in [0, 0.1) is 18.7 Å². The van der Waals surface area contributed by atoms with Crippen molar-refractivity contribution in [1.82, 2.24) is 15.1 Å². The molecule has 1 unspecified atom stereocenters. The highest BCUT2D eigenvalue weighted by atomic mass is 19.1. The third-order valence-electron chi connectivity index (χ3n) is 5.06. The van der Waals surface area contributed by atoms with E-state index in [-0.39, 0.29) is 29.7 Å². The van der Waals surface area contributed by atoms with Crippen LogP contribution in [0.1, 0.15) is 43.4 Å². The van der Waals surface area contributed by atoms with Crippen LogP contribution in [-0.4, -0.2) is 47.9 Å². The van der Waals surface area contributed by atoms with Crippen LogP contribution in [-0.2, 0) is 4.79 Å². The van der Waals surface area contributed by atoms with E-state index >= 15 is 0 Å². The quantitative estimate of drug-likeness (QED) is 0.914. The molecule has 5 nitrogen and oxygen atoms in total. The Morgan fingerprint density at radius 2 is 1.84 bits per heavy atom. The Morgan fingerprint density at radius 1 is 1.16 bits per heavy atom. The standard InChI is InChI=1S/C19H26FN3O2/c1-13-4-5-16(12-17(13)20)14(2)21-19(25)23-9-3-8-22(10-11-23)18(24)15-6-7-15/h4-5,12,14-15H,3,6-11H2,1-2H3,(H,21,25). The number of urea groups is 1. The summed E-state index contributed by atoms with van der Waals surface area (Å²) in [5, 5.41) is 2.94. The minimum absolute atomic E-state index is 0.158. The van der Waals surface area contributed by atoms with E-state index in [0.717, 1.165) is 31.4 Å². The van der Waals surface area contributed by atoms with Crippen LogP contribution in [0.25, 0.3) is 0 Å². The minimum atomic E-state index is -0.268. The van der Waals surface area contributed by atoms with Crippen molar-refractivity contribution in [2.75, 3.05) is 26.2 Å². The first kappa shape index (κ1) is 17.7. The molecule has 25 heavy (non-hydrogen) atoms. The second-order valence-corrected chi connectivity index (χ2v) is 7.12. The van der Waals surface area contributed by atoms with Crippen molar-refractivity contribution in [3.8, 4) is 0 Å². The second-order valence-electron chi connectivity index (χ2n) is 7.12. The van der Waals surface area contributed by atoms with Crippen LogP contribution >= 0.6 is 0 Å². The summed E-state index contributed by atoms with van der Waals surface area (Å²) in [6.45, 7) is 6.06. The minimum Gasteiger partial charge on any atom is -0.341 e. The Hall–Kier alpha value is -2.11. The third kappa shape index (κ3) is 4.30. The summed E-state index contributed by atoms with van der Waals surface area (Å²) in [5.41, 5.74) is 1.34. The van der Waals surface area contributed by atoms with Crippen molar-refractivity contribution >= 4 is 11.9 Å². The molecule has 1 aromatic carbocycles. The van der Waals surface area contributed by atoms with Gasteiger partial charge in [0.05, 0.1) is 6.04 Å². The van der Waals surface area contributed by atoms with Gasteiger partial charge in [-0.25, -0.2) is 9.18 Å². The summed E-state index contributed by atoms with van der Waals surface area (Å²) in [4.78, 5) is 28.4. The summed E-state index contributed by atoms with van der Waals surface area (Å²) in [5.74, 6) is 0.199. The highest BCUT2D eigenvalue weighted by Crippen LogP contribution is 2.31. The Balaban J connectivity index is 1.55. The summed E-state index contributed by atoms with van der Waals surface area (Å²) < 4.78 is 13.7. The predicted molar refractivity (Wildman–Crippen MR) is 93.6 cm³/mol. The molecule has 1 saturated heterocycles.